The molecule has 0 aliphatic heterocycles. The van der Waals surface area contributed by atoms with E-state index in [9.17, 15) is 14.4 Å². The number of carbonyl (C=O) groups is 1. The Hall–Kier alpha value is -2.57. The summed E-state index contributed by atoms with van der Waals surface area (Å²) in [5, 5.41) is 1.43. The van der Waals surface area contributed by atoms with Gasteiger partial charge in [0.15, 0.2) is 0 Å². The molecule has 1 N–H and O–H groups in total. The van der Waals surface area contributed by atoms with Gasteiger partial charge in [0.25, 0.3) is 5.56 Å². The number of amides is 1. The quantitative estimate of drug-likeness (QED) is 0.708. The molecule has 0 atom stereocenters. The van der Waals surface area contributed by atoms with Crippen LogP contribution in [-0.4, -0.2) is 27.4 Å². The van der Waals surface area contributed by atoms with Crippen molar-refractivity contribution in [2.24, 2.45) is 0 Å². The number of hydrogen-bond donors (Lipinski definition) is 1. The van der Waals surface area contributed by atoms with Crippen molar-refractivity contribution in [2.75, 3.05) is 7.05 Å². The minimum Gasteiger partial charge on any atom is -0.341 e. The topological polar surface area (TPSA) is 75.2 Å². The minimum absolute atomic E-state index is 0.109. The number of hydrogen-bond acceptors (Lipinski definition) is 3. The first kappa shape index (κ1) is 19.2. The van der Waals surface area contributed by atoms with Crippen molar-refractivity contribution in [3.05, 3.63) is 78.9 Å². The van der Waals surface area contributed by atoms with Crippen LogP contribution < -0.4 is 11.2 Å². The van der Waals surface area contributed by atoms with E-state index in [2.05, 4.69) is 4.98 Å². The van der Waals surface area contributed by atoms with Gasteiger partial charge in [0.2, 0.25) is 5.91 Å². The van der Waals surface area contributed by atoms with E-state index in [1.165, 1.54) is 9.47 Å². The molecule has 1 amide bonds. The number of aryl methyl sites for hydroxylation is 1. The van der Waals surface area contributed by atoms with Crippen LogP contribution in [0, 0.1) is 0 Å². The van der Waals surface area contributed by atoms with Crippen LogP contribution in [0.15, 0.2) is 52.1 Å². The molecule has 0 radical (unpaired) electrons. The summed E-state index contributed by atoms with van der Waals surface area (Å²) < 4.78 is 1.40. The van der Waals surface area contributed by atoms with Gasteiger partial charge in [-0.2, -0.15) is 0 Å². The van der Waals surface area contributed by atoms with Crippen molar-refractivity contribution in [1.29, 1.82) is 0 Å². The lowest BCUT2D eigenvalue weighted by molar-refractivity contribution is -0.130. The number of nitrogens with one attached hydrogen (secondary N) is 1. The lowest BCUT2D eigenvalue weighted by atomic mass is 10.2. The number of halogens is 2. The maximum Gasteiger partial charge on any atom is 0.328 e. The maximum atomic E-state index is 12.5. The van der Waals surface area contributed by atoms with Crippen LogP contribution in [0.1, 0.15) is 12.0 Å². The van der Waals surface area contributed by atoms with Crippen molar-refractivity contribution in [1.82, 2.24) is 14.5 Å². The van der Waals surface area contributed by atoms with Gasteiger partial charge in [-0.25, -0.2) is 4.79 Å². The SMILES string of the molecule is CN(Cc1ccc(Cl)cc1Cl)C(=O)CCn1c(=O)[nH]c(=O)c2ccccc21. The predicted octanol–water partition coefficient (Wildman–Crippen LogP) is 3.05. The number of carbonyl (C=O) groups excluding carboxylic acids is 1. The third-order valence-electron chi connectivity index (χ3n) is 4.30. The van der Waals surface area contributed by atoms with Gasteiger partial charge in [0.1, 0.15) is 0 Å². The number of H-pyrrole nitrogens is 1. The summed E-state index contributed by atoms with van der Waals surface area (Å²) in [5.41, 5.74) is 0.314. The molecule has 1 aromatic heterocycles. The zero-order chi connectivity index (χ0) is 19.6. The smallest absolute Gasteiger partial charge is 0.328 e. The van der Waals surface area contributed by atoms with Crippen molar-refractivity contribution >= 4 is 40.0 Å². The van der Waals surface area contributed by atoms with Crippen LogP contribution in [0.4, 0.5) is 0 Å². The monoisotopic (exact) mass is 405 g/mol. The lowest BCUT2D eigenvalue weighted by Gasteiger charge is -2.19. The Balaban J connectivity index is 1.75. The fraction of sp³-hybridized carbons (Fsp3) is 0.211. The summed E-state index contributed by atoms with van der Waals surface area (Å²) in [6, 6.07) is 11.9. The Morgan fingerprint density at radius 2 is 1.89 bits per heavy atom. The fourth-order valence-electron chi connectivity index (χ4n) is 2.86. The average molecular weight is 406 g/mol. The number of rotatable bonds is 5. The molecular formula is C19H17Cl2N3O3. The molecule has 2 aromatic carbocycles. The van der Waals surface area contributed by atoms with E-state index in [0.29, 0.717) is 27.5 Å². The molecule has 0 fully saturated rings. The Labute approximate surface area is 164 Å². The minimum atomic E-state index is -0.533. The number of para-hydroxylation sites is 1. The van der Waals surface area contributed by atoms with Crippen LogP contribution in [0.5, 0.6) is 0 Å². The highest BCUT2D eigenvalue weighted by Crippen LogP contribution is 2.22. The highest BCUT2D eigenvalue weighted by Gasteiger charge is 2.13. The second kappa shape index (κ2) is 7.98. The third-order valence-corrected chi connectivity index (χ3v) is 4.89. The first-order chi connectivity index (χ1) is 12.9. The van der Waals surface area contributed by atoms with Gasteiger partial charge < -0.3 is 4.90 Å². The normalized spacial score (nSPS) is 10.9. The van der Waals surface area contributed by atoms with Crippen LogP contribution in [0.25, 0.3) is 10.9 Å². The molecule has 3 rings (SSSR count). The van der Waals surface area contributed by atoms with Crippen molar-refractivity contribution in [3.63, 3.8) is 0 Å². The number of fused-ring (bicyclic) bond motifs is 1. The molecule has 3 aromatic rings. The van der Waals surface area contributed by atoms with E-state index < -0.39 is 11.2 Å². The molecule has 0 aliphatic rings. The first-order valence-electron chi connectivity index (χ1n) is 8.26. The third kappa shape index (κ3) is 4.23. The molecule has 140 valence electrons. The highest BCUT2D eigenvalue weighted by molar-refractivity contribution is 6.35. The molecule has 0 bridgehead atoms. The molecule has 8 heteroatoms. The molecule has 1 heterocycles. The zero-order valence-corrected chi connectivity index (χ0v) is 16.0. The lowest BCUT2D eigenvalue weighted by Crippen LogP contribution is -2.33. The molecule has 27 heavy (non-hydrogen) atoms. The van der Waals surface area contributed by atoms with Crippen LogP contribution in [-0.2, 0) is 17.9 Å². The molecule has 6 nitrogen and oxygen atoms in total. The van der Waals surface area contributed by atoms with Gasteiger partial charge in [-0.3, -0.25) is 19.1 Å². The molecular weight excluding hydrogens is 389 g/mol. The average Bonchev–Trinajstić information content (AvgIpc) is 2.63. The summed E-state index contributed by atoms with van der Waals surface area (Å²) in [4.78, 5) is 40.4. The Morgan fingerprint density at radius 3 is 2.63 bits per heavy atom. The van der Waals surface area contributed by atoms with E-state index in [-0.39, 0.29) is 18.9 Å². The largest absolute Gasteiger partial charge is 0.341 e. The molecule has 0 unspecified atom stereocenters. The predicted molar refractivity (Wildman–Crippen MR) is 106 cm³/mol. The summed E-state index contributed by atoms with van der Waals surface area (Å²) in [6.45, 7) is 0.490. The summed E-state index contributed by atoms with van der Waals surface area (Å²) in [6.07, 6.45) is 0.109. The second-order valence-electron chi connectivity index (χ2n) is 6.16. The van der Waals surface area contributed by atoms with Gasteiger partial charge in [0.05, 0.1) is 10.9 Å². The Morgan fingerprint density at radius 1 is 1.15 bits per heavy atom. The van der Waals surface area contributed by atoms with E-state index in [1.807, 2.05) is 0 Å². The molecule has 0 aliphatic carbocycles. The van der Waals surface area contributed by atoms with Crippen molar-refractivity contribution in [2.45, 2.75) is 19.5 Å². The second-order valence-corrected chi connectivity index (χ2v) is 7.01. The first-order valence-corrected chi connectivity index (χ1v) is 9.02. The van der Waals surface area contributed by atoms with Crippen molar-refractivity contribution < 1.29 is 4.79 Å². The van der Waals surface area contributed by atoms with Gasteiger partial charge in [-0.15, -0.1) is 0 Å². The Bertz CT molecular complexity index is 1120. The summed E-state index contributed by atoms with van der Waals surface area (Å²) in [7, 11) is 1.67. The van der Waals surface area contributed by atoms with Gasteiger partial charge in [-0.05, 0) is 29.8 Å². The summed E-state index contributed by atoms with van der Waals surface area (Å²) >= 11 is 12.0. The standard InChI is InChI=1S/C19H17Cl2N3O3/c1-23(11-12-6-7-13(20)10-15(12)21)17(25)8-9-24-16-5-3-2-4-14(16)18(26)22-19(24)27/h2-7,10H,8-9,11H2,1H3,(H,22,26,27). The summed E-state index contributed by atoms with van der Waals surface area (Å²) in [5.74, 6) is -0.150. The zero-order valence-electron chi connectivity index (χ0n) is 14.5. The number of benzene rings is 2. The number of nitrogens with zero attached hydrogens (tertiary/aromatic N) is 2. The van der Waals surface area contributed by atoms with Gasteiger partial charge in [0, 0.05) is 36.6 Å². The molecule has 0 spiro atoms. The highest BCUT2D eigenvalue weighted by atomic mass is 35.5. The van der Waals surface area contributed by atoms with Crippen LogP contribution in [0.3, 0.4) is 0 Å². The fourth-order valence-corrected chi connectivity index (χ4v) is 3.32. The molecule has 0 saturated heterocycles. The van der Waals surface area contributed by atoms with Gasteiger partial charge in [-0.1, -0.05) is 41.4 Å². The number of aromatic amines is 1. The van der Waals surface area contributed by atoms with Crippen LogP contribution >= 0.6 is 23.2 Å². The molecule has 0 saturated carbocycles. The van der Waals surface area contributed by atoms with E-state index in [4.69, 9.17) is 23.2 Å². The number of aromatic nitrogens is 2. The Kier molecular flexibility index (Phi) is 5.68. The van der Waals surface area contributed by atoms with E-state index in [0.717, 1.165) is 5.56 Å². The van der Waals surface area contributed by atoms with E-state index in [1.54, 1.807) is 49.5 Å². The van der Waals surface area contributed by atoms with Gasteiger partial charge >= 0.3 is 5.69 Å². The van der Waals surface area contributed by atoms with Crippen LogP contribution in [0.2, 0.25) is 10.0 Å². The van der Waals surface area contributed by atoms with Crippen molar-refractivity contribution in [3.8, 4) is 0 Å². The van der Waals surface area contributed by atoms with E-state index >= 15 is 0 Å². The maximum absolute atomic E-state index is 12.5.